The van der Waals surface area contributed by atoms with Crippen LogP contribution in [-0.4, -0.2) is 22.0 Å². The fraction of sp³-hybridized carbons (Fsp3) is 0.0909. The lowest BCUT2D eigenvalue weighted by Crippen LogP contribution is -2.04. The van der Waals surface area contributed by atoms with Crippen molar-refractivity contribution < 1.29 is 0 Å². The van der Waals surface area contributed by atoms with E-state index in [-0.39, 0.29) is 11.2 Å². The summed E-state index contributed by atoms with van der Waals surface area (Å²) in [5, 5.41) is 14.8. The maximum absolute atomic E-state index is 9.05. The quantitative estimate of drug-likeness (QED) is 0.894. The van der Waals surface area contributed by atoms with Crippen molar-refractivity contribution in [2.45, 2.75) is 0 Å². The van der Waals surface area contributed by atoms with E-state index in [0.717, 1.165) is 4.47 Å². The van der Waals surface area contributed by atoms with E-state index in [1.165, 1.54) is 0 Å². The zero-order chi connectivity index (χ0) is 13.8. The second-order valence-electron chi connectivity index (χ2n) is 3.43. The number of hydrogen-bond acceptors (Lipinski definition) is 6. The molecule has 1 aromatic heterocycles. The van der Waals surface area contributed by atoms with Gasteiger partial charge in [0.2, 0.25) is 17.2 Å². The lowest BCUT2D eigenvalue weighted by molar-refractivity contribution is 1.05. The fourth-order valence-electron chi connectivity index (χ4n) is 1.36. The van der Waals surface area contributed by atoms with Crippen LogP contribution in [0.25, 0.3) is 0 Å². The van der Waals surface area contributed by atoms with Gasteiger partial charge >= 0.3 is 0 Å². The molecule has 0 amide bonds. The molecule has 0 radical (unpaired) electrons. The highest BCUT2D eigenvalue weighted by Gasteiger charge is 2.07. The smallest absolute Gasteiger partial charge is 0.233 e. The summed E-state index contributed by atoms with van der Waals surface area (Å²) in [6.07, 6.45) is 0. The molecule has 8 heteroatoms. The van der Waals surface area contributed by atoms with Gasteiger partial charge in [0.15, 0.2) is 0 Å². The summed E-state index contributed by atoms with van der Waals surface area (Å²) in [6, 6.07) is 7.31. The van der Waals surface area contributed by atoms with E-state index in [4.69, 9.17) is 16.9 Å². The van der Waals surface area contributed by atoms with Crippen molar-refractivity contribution in [1.82, 2.24) is 15.0 Å². The standard InChI is InChI=1S/C11H8BrClN6/c1-15-10-17-9(13)18-11(19-10)16-8-4-7(12)3-2-6(8)5-14/h2-4H,1H3,(H2,15,16,17,18,19). The van der Waals surface area contributed by atoms with Gasteiger partial charge in [0, 0.05) is 11.5 Å². The third-order valence-electron chi connectivity index (χ3n) is 2.18. The van der Waals surface area contributed by atoms with Crippen molar-refractivity contribution in [2.24, 2.45) is 0 Å². The molecular formula is C11H8BrClN6. The second-order valence-corrected chi connectivity index (χ2v) is 4.68. The molecule has 0 atom stereocenters. The Kier molecular flexibility index (Phi) is 4.14. The molecule has 0 spiro atoms. The molecule has 0 fully saturated rings. The highest BCUT2D eigenvalue weighted by atomic mass is 79.9. The summed E-state index contributed by atoms with van der Waals surface area (Å²) in [5.74, 6) is 0.606. The lowest BCUT2D eigenvalue weighted by atomic mass is 10.2. The first-order valence-corrected chi connectivity index (χ1v) is 6.35. The number of hydrogen-bond donors (Lipinski definition) is 2. The molecule has 6 nitrogen and oxygen atoms in total. The van der Waals surface area contributed by atoms with E-state index in [0.29, 0.717) is 17.2 Å². The fourth-order valence-corrected chi connectivity index (χ4v) is 1.88. The first-order chi connectivity index (χ1) is 9.12. The molecule has 1 aromatic carbocycles. The van der Waals surface area contributed by atoms with Gasteiger partial charge in [-0.1, -0.05) is 15.9 Å². The predicted molar refractivity (Wildman–Crippen MR) is 76.5 cm³/mol. The molecule has 0 bridgehead atoms. The first kappa shape index (κ1) is 13.5. The topological polar surface area (TPSA) is 86.5 Å². The van der Waals surface area contributed by atoms with Crippen LogP contribution in [0.2, 0.25) is 5.28 Å². The Balaban J connectivity index is 2.38. The monoisotopic (exact) mass is 338 g/mol. The van der Waals surface area contributed by atoms with Gasteiger partial charge < -0.3 is 10.6 Å². The van der Waals surface area contributed by atoms with Crippen molar-refractivity contribution >= 4 is 45.1 Å². The summed E-state index contributed by atoms with van der Waals surface area (Å²) < 4.78 is 0.836. The second kappa shape index (κ2) is 5.82. The Labute approximate surface area is 123 Å². The van der Waals surface area contributed by atoms with Crippen LogP contribution in [0.3, 0.4) is 0 Å². The third kappa shape index (κ3) is 3.30. The van der Waals surface area contributed by atoms with E-state index < -0.39 is 0 Å². The number of anilines is 3. The molecule has 96 valence electrons. The van der Waals surface area contributed by atoms with E-state index >= 15 is 0 Å². The summed E-state index contributed by atoms with van der Waals surface area (Å²) in [6.45, 7) is 0. The molecule has 2 rings (SSSR count). The van der Waals surface area contributed by atoms with Gasteiger partial charge in [-0.05, 0) is 29.8 Å². The SMILES string of the molecule is CNc1nc(Cl)nc(Nc2cc(Br)ccc2C#N)n1. The van der Waals surface area contributed by atoms with Gasteiger partial charge in [0.25, 0.3) is 0 Å². The molecule has 19 heavy (non-hydrogen) atoms. The van der Waals surface area contributed by atoms with E-state index in [2.05, 4.69) is 47.6 Å². The normalized spacial score (nSPS) is 9.79. The number of nitrogens with one attached hydrogen (secondary N) is 2. The molecule has 0 aliphatic rings. The number of rotatable bonds is 3. The molecule has 0 unspecified atom stereocenters. The van der Waals surface area contributed by atoms with Crippen molar-refractivity contribution in [3.63, 3.8) is 0 Å². The Morgan fingerprint density at radius 3 is 2.68 bits per heavy atom. The zero-order valence-electron chi connectivity index (χ0n) is 9.78. The summed E-state index contributed by atoms with van der Waals surface area (Å²) in [7, 11) is 1.68. The van der Waals surface area contributed by atoms with Crippen LogP contribution in [-0.2, 0) is 0 Å². The average Bonchev–Trinajstić information content (AvgIpc) is 2.38. The molecule has 2 N–H and O–H groups in total. The Morgan fingerprint density at radius 1 is 1.26 bits per heavy atom. The maximum atomic E-state index is 9.05. The minimum absolute atomic E-state index is 0.0651. The highest BCUT2D eigenvalue weighted by Crippen LogP contribution is 2.23. The molecule has 1 heterocycles. The molecule has 0 saturated heterocycles. The van der Waals surface area contributed by atoms with Crippen LogP contribution < -0.4 is 10.6 Å². The zero-order valence-corrected chi connectivity index (χ0v) is 12.1. The Bertz CT molecular complexity index is 654. The molecule has 0 saturated carbocycles. The molecule has 0 aliphatic carbocycles. The molecular weight excluding hydrogens is 332 g/mol. The van der Waals surface area contributed by atoms with Gasteiger partial charge in [0.1, 0.15) is 6.07 Å². The summed E-state index contributed by atoms with van der Waals surface area (Å²) in [5.41, 5.74) is 1.06. The number of aromatic nitrogens is 3. The van der Waals surface area contributed by atoms with Gasteiger partial charge in [0.05, 0.1) is 11.3 Å². The number of halogens is 2. The number of benzene rings is 1. The first-order valence-electron chi connectivity index (χ1n) is 5.18. The predicted octanol–water partition coefficient (Wildman–Crippen LogP) is 2.94. The summed E-state index contributed by atoms with van der Waals surface area (Å²) in [4.78, 5) is 11.9. The maximum Gasteiger partial charge on any atom is 0.233 e. The van der Waals surface area contributed by atoms with Gasteiger partial charge in [-0.3, -0.25) is 0 Å². The van der Waals surface area contributed by atoms with E-state index in [1.807, 2.05) is 0 Å². The Hall–Kier alpha value is -1.91. The van der Waals surface area contributed by atoms with Crippen LogP contribution >= 0.6 is 27.5 Å². The third-order valence-corrected chi connectivity index (χ3v) is 2.84. The van der Waals surface area contributed by atoms with E-state index in [9.17, 15) is 0 Å². The van der Waals surface area contributed by atoms with Crippen LogP contribution in [0.4, 0.5) is 17.6 Å². The van der Waals surface area contributed by atoms with E-state index in [1.54, 1.807) is 25.2 Å². The molecule has 0 aliphatic heterocycles. The van der Waals surface area contributed by atoms with Crippen molar-refractivity contribution in [3.8, 4) is 6.07 Å². The highest BCUT2D eigenvalue weighted by molar-refractivity contribution is 9.10. The van der Waals surface area contributed by atoms with Gasteiger partial charge in [-0.15, -0.1) is 0 Å². The van der Waals surface area contributed by atoms with Crippen LogP contribution in [0.5, 0.6) is 0 Å². The van der Waals surface area contributed by atoms with Crippen molar-refractivity contribution in [1.29, 1.82) is 5.26 Å². The Morgan fingerprint density at radius 2 is 2.00 bits per heavy atom. The minimum atomic E-state index is 0.0651. The number of nitriles is 1. The van der Waals surface area contributed by atoms with Crippen molar-refractivity contribution in [3.05, 3.63) is 33.5 Å². The largest absolute Gasteiger partial charge is 0.357 e. The average molecular weight is 340 g/mol. The van der Waals surface area contributed by atoms with Crippen molar-refractivity contribution in [2.75, 3.05) is 17.7 Å². The number of nitrogens with zero attached hydrogens (tertiary/aromatic N) is 4. The lowest BCUT2D eigenvalue weighted by Gasteiger charge is -2.08. The van der Waals surface area contributed by atoms with Gasteiger partial charge in [-0.2, -0.15) is 20.2 Å². The van der Waals surface area contributed by atoms with Crippen LogP contribution in [0.15, 0.2) is 22.7 Å². The molecule has 2 aromatic rings. The summed E-state index contributed by atoms with van der Waals surface area (Å²) >= 11 is 9.12. The van der Waals surface area contributed by atoms with Crippen LogP contribution in [0.1, 0.15) is 5.56 Å². The van der Waals surface area contributed by atoms with Gasteiger partial charge in [-0.25, -0.2) is 0 Å². The van der Waals surface area contributed by atoms with Crippen LogP contribution in [0, 0.1) is 11.3 Å². The minimum Gasteiger partial charge on any atom is -0.357 e.